The molecule has 0 atom stereocenters. The summed E-state index contributed by atoms with van der Waals surface area (Å²) in [5.74, 6) is -0.345. The van der Waals surface area contributed by atoms with Gasteiger partial charge in [-0.05, 0) is 36.8 Å². The number of nitro benzene ring substituents is 1. The van der Waals surface area contributed by atoms with E-state index in [1.807, 2.05) is 0 Å². The van der Waals surface area contributed by atoms with Crippen molar-refractivity contribution < 1.29 is 9.72 Å². The predicted molar refractivity (Wildman–Crippen MR) is 98.1 cm³/mol. The Balaban J connectivity index is 1.96. The maximum absolute atomic E-state index is 12.7. The molecule has 126 valence electrons. The van der Waals surface area contributed by atoms with Crippen LogP contribution in [0.25, 0.3) is 6.08 Å². The number of amides is 1. The molecule has 2 aromatic carbocycles. The van der Waals surface area contributed by atoms with E-state index in [-0.39, 0.29) is 11.6 Å². The van der Waals surface area contributed by atoms with Crippen LogP contribution in [0.2, 0.25) is 10.0 Å². The molecule has 0 radical (unpaired) electrons. The van der Waals surface area contributed by atoms with Crippen LogP contribution in [-0.2, 0) is 4.79 Å². The number of rotatable bonds is 3. The second-order valence-corrected chi connectivity index (χ2v) is 6.13. The fourth-order valence-electron chi connectivity index (χ4n) is 2.37. The molecular formula is C17H11Cl2N3O3. The van der Waals surface area contributed by atoms with Gasteiger partial charge in [-0.3, -0.25) is 14.9 Å². The summed E-state index contributed by atoms with van der Waals surface area (Å²) in [5.41, 5.74) is 1.84. The van der Waals surface area contributed by atoms with E-state index in [1.165, 1.54) is 17.1 Å². The maximum Gasteiger partial charge on any atom is 0.280 e. The fourth-order valence-corrected chi connectivity index (χ4v) is 2.66. The van der Waals surface area contributed by atoms with E-state index in [9.17, 15) is 14.9 Å². The SMILES string of the molecule is CC1=NN(c2ccc(Cl)c(Cl)c2)C(=O)/C1=C\c1cccc([N+](=O)[O-])c1. The summed E-state index contributed by atoms with van der Waals surface area (Å²) in [7, 11) is 0. The summed E-state index contributed by atoms with van der Waals surface area (Å²) in [6.07, 6.45) is 1.58. The standard InChI is InChI=1S/C17H11Cl2N3O3/c1-10-14(8-11-3-2-4-13(7-11)22(24)25)17(23)21(20-10)12-5-6-15(18)16(19)9-12/h2-9H,1H3/b14-8-. The summed E-state index contributed by atoms with van der Waals surface area (Å²) in [4.78, 5) is 23.1. The van der Waals surface area contributed by atoms with Gasteiger partial charge in [0.15, 0.2) is 0 Å². The topological polar surface area (TPSA) is 75.8 Å². The largest absolute Gasteiger partial charge is 0.280 e. The Hall–Kier alpha value is -2.70. The minimum absolute atomic E-state index is 0.0456. The van der Waals surface area contributed by atoms with E-state index >= 15 is 0 Å². The number of non-ortho nitro benzene ring substituents is 1. The molecule has 25 heavy (non-hydrogen) atoms. The van der Waals surface area contributed by atoms with E-state index in [4.69, 9.17) is 23.2 Å². The lowest BCUT2D eigenvalue weighted by Crippen LogP contribution is -2.21. The first-order valence-electron chi connectivity index (χ1n) is 7.18. The van der Waals surface area contributed by atoms with Crippen LogP contribution < -0.4 is 5.01 Å². The third kappa shape index (κ3) is 3.40. The first-order valence-corrected chi connectivity index (χ1v) is 7.93. The summed E-state index contributed by atoms with van der Waals surface area (Å²) in [6.45, 7) is 1.69. The van der Waals surface area contributed by atoms with Crippen molar-refractivity contribution in [3.8, 4) is 0 Å². The van der Waals surface area contributed by atoms with E-state index in [0.29, 0.717) is 32.6 Å². The Labute approximate surface area is 153 Å². The van der Waals surface area contributed by atoms with Crippen molar-refractivity contribution >= 4 is 52.3 Å². The third-order valence-corrected chi connectivity index (χ3v) is 4.34. The van der Waals surface area contributed by atoms with Gasteiger partial charge in [0.05, 0.1) is 31.9 Å². The van der Waals surface area contributed by atoms with Gasteiger partial charge in [0, 0.05) is 12.1 Å². The molecular weight excluding hydrogens is 365 g/mol. The van der Waals surface area contributed by atoms with Gasteiger partial charge in [-0.15, -0.1) is 0 Å². The average molecular weight is 376 g/mol. The quantitative estimate of drug-likeness (QED) is 0.442. The first kappa shape index (κ1) is 17.1. The summed E-state index contributed by atoms with van der Waals surface area (Å²) < 4.78 is 0. The Morgan fingerprint density at radius 2 is 1.92 bits per heavy atom. The van der Waals surface area contributed by atoms with Crippen molar-refractivity contribution in [1.29, 1.82) is 0 Å². The van der Waals surface area contributed by atoms with Gasteiger partial charge in [-0.1, -0.05) is 35.3 Å². The molecule has 0 unspecified atom stereocenters. The number of nitrogens with zero attached hydrogens (tertiary/aromatic N) is 3. The minimum atomic E-state index is -0.485. The monoisotopic (exact) mass is 375 g/mol. The molecule has 8 heteroatoms. The van der Waals surface area contributed by atoms with E-state index in [0.717, 1.165) is 0 Å². The normalized spacial score (nSPS) is 15.6. The molecule has 1 amide bonds. The molecule has 0 aliphatic carbocycles. The van der Waals surface area contributed by atoms with Gasteiger partial charge in [0.2, 0.25) is 0 Å². The maximum atomic E-state index is 12.7. The highest BCUT2D eigenvalue weighted by Gasteiger charge is 2.29. The highest BCUT2D eigenvalue weighted by atomic mass is 35.5. The van der Waals surface area contributed by atoms with Crippen LogP contribution in [0.3, 0.4) is 0 Å². The number of nitro groups is 1. The van der Waals surface area contributed by atoms with Gasteiger partial charge in [0.1, 0.15) is 0 Å². The van der Waals surface area contributed by atoms with Crippen molar-refractivity contribution in [2.45, 2.75) is 6.92 Å². The van der Waals surface area contributed by atoms with Crippen molar-refractivity contribution in [2.75, 3.05) is 5.01 Å². The van der Waals surface area contributed by atoms with Crippen LogP contribution in [0.4, 0.5) is 11.4 Å². The first-order chi connectivity index (χ1) is 11.9. The summed E-state index contributed by atoms with van der Waals surface area (Å²) >= 11 is 11.9. The van der Waals surface area contributed by atoms with Crippen LogP contribution >= 0.6 is 23.2 Å². The third-order valence-electron chi connectivity index (χ3n) is 3.60. The average Bonchev–Trinajstić information content (AvgIpc) is 2.86. The lowest BCUT2D eigenvalue weighted by molar-refractivity contribution is -0.384. The molecule has 0 saturated heterocycles. The minimum Gasteiger partial charge on any atom is -0.267 e. The molecule has 1 aliphatic heterocycles. The fraction of sp³-hybridized carbons (Fsp3) is 0.0588. The van der Waals surface area contributed by atoms with Crippen LogP contribution in [-0.4, -0.2) is 16.5 Å². The van der Waals surface area contributed by atoms with Gasteiger partial charge >= 0.3 is 0 Å². The Morgan fingerprint density at radius 3 is 2.60 bits per heavy atom. The van der Waals surface area contributed by atoms with E-state index in [2.05, 4.69) is 5.10 Å². The predicted octanol–water partition coefficient (Wildman–Crippen LogP) is 4.71. The van der Waals surface area contributed by atoms with Crippen LogP contribution in [0, 0.1) is 10.1 Å². The molecule has 1 heterocycles. The van der Waals surface area contributed by atoms with Crippen molar-refractivity contribution in [3.63, 3.8) is 0 Å². The number of hydrogen-bond donors (Lipinski definition) is 0. The smallest absolute Gasteiger partial charge is 0.267 e. The molecule has 0 aromatic heterocycles. The Bertz CT molecular complexity index is 954. The molecule has 3 rings (SSSR count). The summed E-state index contributed by atoms with van der Waals surface area (Å²) in [6, 6.07) is 10.8. The van der Waals surface area contributed by atoms with Crippen LogP contribution in [0.15, 0.2) is 53.1 Å². The Morgan fingerprint density at radius 1 is 1.16 bits per heavy atom. The second kappa shape index (κ2) is 6.66. The van der Waals surface area contributed by atoms with Crippen molar-refractivity contribution in [2.24, 2.45) is 5.10 Å². The van der Waals surface area contributed by atoms with Gasteiger partial charge in [-0.25, -0.2) is 0 Å². The molecule has 0 saturated carbocycles. The molecule has 0 fully saturated rings. The molecule has 2 aromatic rings. The molecule has 6 nitrogen and oxygen atoms in total. The van der Waals surface area contributed by atoms with Gasteiger partial charge in [0.25, 0.3) is 11.6 Å². The number of carbonyl (C=O) groups is 1. The van der Waals surface area contributed by atoms with Gasteiger partial charge < -0.3 is 0 Å². The zero-order chi connectivity index (χ0) is 18.1. The molecule has 0 spiro atoms. The second-order valence-electron chi connectivity index (χ2n) is 5.31. The van der Waals surface area contributed by atoms with E-state index < -0.39 is 4.92 Å². The van der Waals surface area contributed by atoms with Crippen molar-refractivity contribution in [1.82, 2.24) is 0 Å². The molecule has 0 bridgehead atoms. The van der Waals surface area contributed by atoms with Crippen molar-refractivity contribution in [3.05, 3.63) is 73.8 Å². The zero-order valence-electron chi connectivity index (χ0n) is 12.9. The highest BCUT2D eigenvalue weighted by molar-refractivity contribution is 6.42. The number of hydrazone groups is 1. The molecule has 0 N–H and O–H groups in total. The van der Waals surface area contributed by atoms with E-state index in [1.54, 1.807) is 43.3 Å². The lowest BCUT2D eigenvalue weighted by Gasteiger charge is -2.12. The summed E-state index contributed by atoms with van der Waals surface area (Å²) in [5, 5.41) is 17.0. The number of carbonyl (C=O) groups excluding carboxylic acids is 1. The van der Waals surface area contributed by atoms with Gasteiger partial charge in [-0.2, -0.15) is 10.1 Å². The number of anilines is 1. The molecule has 1 aliphatic rings. The number of halogens is 2. The zero-order valence-corrected chi connectivity index (χ0v) is 14.5. The Kier molecular flexibility index (Phi) is 4.57. The van der Waals surface area contributed by atoms with Crippen LogP contribution in [0.1, 0.15) is 12.5 Å². The lowest BCUT2D eigenvalue weighted by atomic mass is 10.1. The van der Waals surface area contributed by atoms with Crippen LogP contribution in [0.5, 0.6) is 0 Å². The highest BCUT2D eigenvalue weighted by Crippen LogP contribution is 2.31. The number of hydrogen-bond acceptors (Lipinski definition) is 4. The number of benzene rings is 2.